The van der Waals surface area contributed by atoms with E-state index >= 15 is 0 Å². The van der Waals surface area contributed by atoms with Gasteiger partial charge in [-0.25, -0.2) is 0 Å². The molecule has 8 heteroatoms. The van der Waals surface area contributed by atoms with Crippen LogP contribution in [0.15, 0.2) is 0 Å². The fraction of sp³-hybridized carbons (Fsp3) is 0.882. The second-order valence-electron chi connectivity index (χ2n) is 7.34. The van der Waals surface area contributed by atoms with Crippen molar-refractivity contribution < 1.29 is 14.7 Å². The summed E-state index contributed by atoms with van der Waals surface area (Å²) in [7, 11) is 0. The summed E-state index contributed by atoms with van der Waals surface area (Å²) in [4.78, 5) is 30.3. The topological polar surface area (TPSA) is 88.1 Å². The van der Waals surface area contributed by atoms with E-state index in [9.17, 15) is 9.59 Å². The van der Waals surface area contributed by atoms with Gasteiger partial charge in [0.25, 0.3) is 0 Å². The molecule has 3 aliphatic heterocycles. The maximum absolute atomic E-state index is 12.7. The Bertz CT molecular complexity index is 461. The van der Waals surface area contributed by atoms with Crippen LogP contribution in [0.3, 0.4) is 0 Å². The van der Waals surface area contributed by atoms with E-state index in [0.717, 1.165) is 45.8 Å². The number of carboxylic acids is 1. The van der Waals surface area contributed by atoms with E-state index in [0.29, 0.717) is 25.7 Å². The van der Waals surface area contributed by atoms with Gasteiger partial charge in [0.15, 0.2) is 0 Å². The Morgan fingerprint density at radius 2 is 1.68 bits per heavy atom. The number of piperidine rings is 1. The van der Waals surface area contributed by atoms with Gasteiger partial charge in [-0.3, -0.25) is 19.4 Å². The molecule has 0 aromatic heterocycles. The van der Waals surface area contributed by atoms with Gasteiger partial charge in [-0.15, -0.1) is 0 Å². The summed E-state index contributed by atoms with van der Waals surface area (Å²) < 4.78 is 0. The van der Waals surface area contributed by atoms with Crippen LogP contribution in [-0.4, -0.2) is 109 Å². The van der Waals surface area contributed by atoms with Crippen LogP contribution in [0, 0.1) is 0 Å². The van der Waals surface area contributed by atoms with Crippen molar-refractivity contribution in [2.24, 2.45) is 0 Å². The molecule has 0 spiro atoms. The van der Waals surface area contributed by atoms with Crippen molar-refractivity contribution in [3.05, 3.63) is 0 Å². The first-order chi connectivity index (χ1) is 12.1. The zero-order chi connectivity index (χ0) is 17.6. The second-order valence-corrected chi connectivity index (χ2v) is 7.34. The molecule has 1 unspecified atom stereocenters. The van der Waals surface area contributed by atoms with Crippen LogP contribution in [0.2, 0.25) is 0 Å². The molecular weight excluding hydrogens is 322 g/mol. The summed E-state index contributed by atoms with van der Waals surface area (Å²) in [6.45, 7) is 8.44. The predicted octanol–water partition coefficient (Wildman–Crippen LogP) is -1.37. The Kier molecular flexibility index (Phi) is 6.63. The molecule has 142 valence electrons. The molecule has 3 heterocycles. The molecule has 0 bridgehead atoms. The molecule has 0 saturated carbocycles. The molecule has 3 rings (SSSR count). The third kappa shape index (κ3) is 5.13. The molecule has 0 radical (unpaired) electrons. The normalized spacial score (nSPS) is 27.4. The number of carbonyl (C=O) groups is 2. The van der Waals surface area contributed by atoms with Crippen LogP contribution in [0.5, 0.6) is 0 Å². The number of hydrogen-bond acceptors (Lipinski definition) is 6. The zero-order valence-corrected chi connectivity index (χ0v) is 15.0. The number of carboxylic acid groups (broad SMARTS) is 1. The summed E-state index contributed by atoms with van der Waals surface area (Å²) >= 11 is 0. The van der Waals surface area contributed by atoms with Crippen molar-refractivity contribution in [2.75, 3.05) is 65.4 Å². The van der Waals surface area contributed by atoms with Crippen molar-refractivity contribution in [2.45, 2.75) is 31.3 Å². The van der Waals surface area contributed by atoms with Gasteiger partial charge in [-0.05, 0) is 25.9 Å². The van der Waals surface area contributed by atoms with Crippen molar-refractivity contribution in [3.63, 3.8) is 0 Å². The minimum atomic E-state index is -0.845. The Morgan fingerprint density at radius 3 is 2.36 bits per heavy atom. The van der Waals surface area contributed by atoms with Crippen LogP contribution < -0.4 is 10.6 Å². The molecule has 3 fully saturated rings. The monoisotopic (exact) mass is 353 g/mol. The summed E-state index contributed by atoms with van der Waals surface area (Å²) in [5.74, 6) is -0.773. The summed E-state index contributed by atoms with van der Waals surface area (Å²) in [6, 6.07) is 0.460. The Labute approximate surface area is 149 Å². The SMILES string of the molecule is O=C(O)CC1CNCCN1C(=O)CN1CCN(C2CCNCC2)CC1. The number of aliphatic carboxylic acids is 1. The summed E-state index contributed by atoms with van der Waals surface area (Å²) in [5.41, 5.74) is 0. The lowest BCUT2D eigenvalue weighted by atomic mass is 10.0. The van der Waals surface area contributed by atoms with E-state index in [1.807, 2.05) is 0 Å². The highest BCUT2D eigenvalue weighted by molar-refractivity contribution is 5.79. The van der Waals surface area contributed by atoms with Crippen LogP contribution in [-0.2, 0) is 9.59 Å². The van der Waals surface area contributed by atoms with E-state index in [-0.39, 0.29) is 18.4 Å². The minimum absolute atomic E-state index is 0.0161. The molecule has 25 heavy (non-hydrogen) atoms. The van der Waals surface area contributed by atoms with Gasteiger partial charge < -0.3 is 20.6 Å². The predicted molar refractivity (Wildman–Crippen MR) is 94.5 cm³/mol. The van der Waals surface area contributed by atoms with E-state index in [4.69, 9.17) is 5.11 Å². The van der Waals surface area contributed by atoms with Crippen molar-refractivity contribution in [1.29, 1.82) is 0 Å². The first-order valence-corrected chi connectivity index (χ1v) is 9.52. The average molecular weight is 353 g/mol. The van der Waals surface area contributed by atoms with Crippen LogP contribution >= 0.6 is 0 Å². The first-order valence-electron chi connectivity index (χ1n) is 9.52. The van der Waals surface area contributed by atoms with Gasteiger partial charge in [-0.2, -0.15) is 0 Å². The van der Waals surface area contributed by atoms with Gasteiger partial charge in [0.2, 0.25) is 5.91 Å². The average Bonchev–Trinajstić information content (AvgIpc) is 2.63. The van der Waals surface area contributed by atoms with Crippen LogP contribution in [0.1, 0.15) is 19.3 Å². The Balaban J connectivity index is 1.45. The third-order valence-electron chi connectivity index (χ3n) is 5.67. The van der Waals surface area contributed by atoms with E-state index < -0.39 is 5.97 Å². The molecular formula is C17H31N5O3. The molecule has 1 atom stereocenters. The van der Waals surface area contributed by atoms with Gasteiger partial charge in [0.1, 0.15) is 0 Å². The summed E-state index contributed by atoms with van der Waals surface area (Å²) in [6.07, 6.45) is 2.45. The number of hydrogen-bond donors (Lipinski definition) is 3. The standard InChI is InChI=1S/C17H31N5O3/c23-16(22-6-5-19-12-15(22)11-17(24)25)13-20-7-9-21(10-8-20)14-1-3-18-4-2-14/h14-15,18-19H,1-13H2,(H,24,25). The van der Waals surface area contributed by atoms with E-state index in [1.54, 1.807) is 4.90 Å². The lowest BCUT2D eigenvalue weighted by molar-refractivity contribution is -0.142. The number of nitrogens with one attached hydrogen (secondary N) is 2. The number of carbonyl (C=O) groups excluding carboxylic acids is 1. The number of rotatable bonds is 5. The van der Waals surface area contributed by atoms with Gasteiger partial charge in [0, 0.05) is 51.9 Å². The summed E-state index contributed by atoms with van der Waals surface area (Å²) in [5, 5.41) is 15.7. The quantitative estimate of drug-likeness (QED) is 0.562. The highest BCUT2D eigenvalue weighted by Crippen LogP contribution is 2.15. The first kappa shape index (κ1) is 18.6. The van der Waals surface area contributed by atoms with Gasteiger partial charge in [0.05, 0.1) is 19.0 Å². The lowest BCUT2D eigenvalue weighted by Crippen LogP contribution is -2.58. The third-order valence-corrected chi connectivity index (χ3v) is 5.67. The highest BCUT2D eigenvalue weighted by Gasteiger charge is 2.31. The molecule has 3 saturated heterocycles. The highest BCUT2D eigenvalue weighted by atomic mass is 16.4. The van der Waals surface area contributed by atoms with Gasteiger partial charge in [-0.1, -0.05) is 0 Å². The van der Waals surface area contributed by atoms with Gasteiger partial charge >= 0.3 is 5.97 Å². The smallest absolute Gasteiger partial charge is 0.305 e. The lowest BCUT2D eigenvalue weighted by Gasteiger charge is -2.42. The number of amides is 1. The largest absolute Gasteiger partial charge is 0.481 e. The Morgan fingerprint density at radius 1 is 0.960 bits per heavy atom. The second kappa shape index (κ2) is 8.93. The molecule has 0 aromatic carbocycles. The van der Waals surface area contributed by atoms with Crippen molar-refractivity contribution in [3.8, 4) is 0 Å². The number of piperazine rings is 2. The van der Waals surface area contributed by atoms with E-state index in [1.165, 1.54) is 12.8 Å². The van der Waals surface area contributed by atoms with Crippen LogP contribution in [0.4, 0.5) is 0 Å². The molecule has 0 aliphatic carbocycles. The molecule has 3 N–H and O–H groups in total. The van der Waals surface area contributed by atoms with Crippen molar-refractivity contribution in [1.82, 2.24) is 25.3 Å². The minimum Gasteiger partial charge on any atom is -0.481 e. The molecule has 8 nitrogen and oxygen atoms in total. The molecule has 3 aliphatic rings. The fourth-order valence-electron chi connectivity index (χ4n) is 4.21. The zero-order valence-electron chi connectivity index (χ0n) is 15.0. The fourth-order valence-corrected chi connectivity index (χ4v) is 4.21. The molecule has 0 aromatic rings. The van der Waals surface area contributed by atoms with E-state index in [2.05, 4.69) is 20.4 Å². The molecule has 1 amide bonds. The number of nitrogens with zero attached hydrogens (tertiary/aromatic N) is 3. The maximum atomic E-state index is 12.7. The Hall–Kier alpha value is -1.22. The van der Waals surface area contributed by atoms with Crippen molar-refractivity contribution >= 4 is 11.9 Å². The maximum Gasteiger partial charge on any atom is 0.305 e. The van der Waals surface area contributed by atoms with Crippen LogP contribution in [0.25, 0.3) is 0 Å².